The fourth-order valence-electron chi connectivity index (χ4n) is 4.61. The fraction of sp³-hybridized carbons (Fsp3) is 0.407. The smallest absolute Gasteiger partial charge is 0.322 e. The maximum Gasteiger partial charge on any atom is 0.322 e. The molecule has 0 aliphatic carbocycles. The predicted octanol–water partition coefficient (Wildman–Crippen LogP) is 4.16. The van der Waals surface area contributed by atoms with E-state index >= 15 is 0 Å². The number of aromatic nitrogens is 3. The number of amides is 2. The number of nitrogens with one attached hydrogen (secondary N) is 1. The van der Waals surface area contributed by atoms with Gasteiger partial charge in [-0.3, -0.25) is 4.98 Å². The molecule has 35 heavy (non-hydrogen) atoms. The van der Waals surface area contributed by atoms with Crippen molar-refractivity contribution in [2.75, 3.05) is 32.0 Å². The Bertz CT molecular complexity index is 1180. The van der Waals surface area contributed by atoms with Gasteiger partial charge in [-0.25, -0.2) is 9.78 Å². The summed E-state index contributed by atoms with van der Waals surface area (Å²) in [5, 5.41) is 3.05. The van der Waals surface area contributed by atoms with E-state index in [4.69, 9.17) is 14.7 Å². The van der Waals surface area contributed by atoms with Crippen molar-refractivity contribution in [2.45, 2.75) is 45.3 Å². The summed E-state index contributed by atoms with van der Waals surface area (Å²) in [7, 11) is 2.13. The Hall–Kier alpha value is -3.52. The van der Waals surface area contributed by atoms with E-state index in [9.17, 15) is 4.79 Å². The molecule has 8 heteroatoms. The number of benzene rings is 1. The van der Waals surface area contributed by atoms with Gasteiger partial charge >= 0.3 is 6.03 Å². The highest BCUT2D eigenvalue weighted by Crippen LogP contribution is 2.31. The van der Waals surface area contributed by atoms with Crippen molar-refractivity contribution in [2.24, 2.45) is 0 Å². The van der Waals surface area contributed by atoms with Crippen LogP contribution in [0, 0.1) is 0 Å². The second-order valence-electron chi connectivity index (χ2n) is 9.30. The first-order valence-corrected chi connectivity index (χ1v) is 12.4. The molecule has 2 amide bonds. The maximum absolute atomic E-state index is 13.1. The number of anilines is 1. The maximum atomic E-state index is 13.1. The molecule has 1 N–H and O–H groups in total. The summed E-state index contributed by atoms with van der Waals surface area (Å²) in [6, 6.07) is 11.7. The van der Waals surface area contributed by atoms with E-state index < -0.39 is 0 Å². The number of ether oxygens (including phenoxy) is 1. The van der Waals surface area contributed by atoms with Crippen LogP contribution in [-0.2, 0) is 19.4 Å². The van der Waals surface area contributed by atoms with E-state index in [0.717, 1.165) is 54.9 Å². The van der Waals surface area contributed by atoms with Crippen molar-refractivity contribution in [3.05, 3.63) is 65.6 Å². The van der Waals surface area contributed by atoms with Crippen molar-refractivity contribution < 1.29 is 9.53 Å². The largest absolute Gasteiger partial charge is 0.474 e. The lowest BCUT2D eigenvalue weighted by atomic mass is 10.1. The van der Waals surface area contributed by atoms with Crippen molar-refractivity contribution >= 4 is 11.7 Å². The van der Waals surface area contributed by atoms with Crippen molar-refractivity contribution in [3.8, 4) is 17.3 Å². The number of likely N-dealkylation sites (tertiary alicyclic amines) is 1. The van der Waals surface area contributed by atoms with Gasteiger partial charge in [0.2, 0.25) is 5.88 Å². The number of carbonyl (C=O) groups is 1. The zero-order chi connectivity index (χ0) is 24.2. The lowest BCUT2D eigenvalue weighted by Crippen LogP contribution is -2.40. The third-order valence-electron chi connectivity index (χ3n) is 6.76. The lowest BCUT2D eigenvalue weighted by molar-refractivity contribution is 0.107. The van der Waals surface area contributed by atoms with Crippen LogP contribution < -0.4 is 10.1 Å². The van der Waals surface area contributed by atoms with Crippen LogP contribution in [0.15, 0.2) is 48.8 Å². The number of rotatable bonds is 5. The van der Waals surface area contributed by atoms with Crippen LogP contribution in [0.2, 0.25) is 0 Å². The van der Waals surface area contributed by atoms with Crippen LogP contribution >= 0.6 is 0 Å². The van der Waals surface area contributed by atoms with E-state index in [-0.39, 0.29) is 12.1 Å². The van der Waals surface area contributed by atoms with Crippen LogP contribution in [0.25, 0.3) is 11.4 Å². The Morgan fingerprint density at radius 3 is 2.77 bits per heavy atom. The summed E-state index contributed by atoms with van der Waals surface area (Å²) in [4.78, 5) is 31.2. The van der Waals surface area contributed by atoms with Gasteiger partial charge in [0.1, 0.15) is 6.10 Å². The molecule has 8 nitrogen and oxygen atoms in total. The lowest BCUT2D eigenvalue weighted by Gasteiger charge is -2.32. The van der Waals surface area contributed by atoms with Gasteiger partial charge in [-0.15, -0.1) is 0 Å². The highest BCUT2D eigenvalue weighted by Gasteiger charge is 2.29. The zero-order valence-electron chi connectivity index (χ0n) is 20.4. The molecule has 1 saturated heterocycles. The summed E-state index contributed by atoms with van der Waals surface area (Å²) in [5.41, 5.74) is 4.71. The first-order chi connectivity index (χ1) is 17.1. The quantitative estimate of drug-likeness (QED) is 0.600. The van der Waals surface area contributed by atoms with Gasteiger partial charge < -0.3 is 19.9 Å². The molecule has 4 heterocycles. The molecule has 2 aromatic heterocycles. The second-order valence-corrected chi connectivity index (χ2v) is 9.30. The fourth-order valence-corrected chi connectivity index (χ4v) is 4.61. The van der Waals surface area contributed by atoms with Gasteiger partial charge in [-0.2, -0.15) is 4.98 Å². The molecule has 0 bridgehead atoms. The number of carbonyl (C=O) groups excluding carboxylic acids is 1. The van der Waals surface area contributed by atoms with Gasteiger partial charge in [0, 0.05) is 49.7 Å². The summed E-state index contributed by atoms with van der Waals surface area (Å²) >= 11 is 0. The topological polar surface area (TPSA) is 83.5 Å². The number of fused-ring (bicyclic) bond motifs is 1. The van der Waals surface area contributed by atoms with E-state index in [0.29, 0.717) is 31.2 Å². The summed E-state index contributed by atoms with van der Waals surface area (Å²) in [6.07, 6.45) is 7.10. The number of urea groups is 1. The molecule has 0 spiro atoms. The van der Waals surface area contributed by atoms with E-state index in [2.05, 4.69) is 35.2 Å². The van der Waals surface area contributed by atoms with Crippen LogP contribution in [0.3, 0.4) is 0 Å². The third kappa shape index (κ3) is 5.43. The van der Waals surface area contributed by atoms with Gasteiger partial charge in [0.05, 0.1) is 17.8 Å². The molecule has 1 fully saturated rings. The molecule has 0 atom stereocenters. The van der Waals surface area contributed by atoms with E-state index in [1.807, 2.05) is 35.2 Å². The Labute approximate surface area is 206 Å². The molecule has 0 radical (unpaired) electrons. The first kappa shape index (κ1) is 23.2. The standard InChI is InChI=1S/C27H32N6O2/c1-3-19-6-4-8-21(16-19)29-27(34)33-15-11-24-23(18-33)26(35-22-9-13-32(2)14-10-22)31-25(30-24)20-7-5-12-28-17-20/h4-8,12,16-17,22H,3,9-11,13-15,18H2,1-2H3,(H,29,34). The Balaban J connectivity index is 1.40. The zero-order valence-corrected chi connectivity index (χ0v) is 20.4. The van der Waals surface area contributed by atoms with E-state index in [1.54, 1.807) is 12.4 Å². The minimum Gasteiger partial charge on any atom is -0.474 e. The number of piperidine rings is 1. The van der Waals surface area contributed by atoms with Gasteiger partial charge in [-0.1, -0.05) is 19.1 Å². The average molecular weight is 473 g/mol. The molecule has 0 saturated carbocycles. The van der Waals surface area contributed by atoms with Crippen LogP contribution in [-0.4, -0.2) is 63.6 Å². The molecular formula is C27H32N6O2. The molecule has 3 aromatic rings. The Morgan fingerprint density at radius 1 is 1.14 bits per heavy atom. The highest BCUT2D eigenvalue weighted by molar-refractivity contribution is 5.89. The Morgan fingerprint density at radius 2 is 2.00 bits per heavy atom. The minimum atomic E-state index is -0.120. The van der Waals surface area contributed by atoms with Gasteiger partial charge in [0.25, 0.3) is 0 Å². The molecule has 2 aliphatic rings. The number of hydrogen-bond acceptors (Lipinski definition) is 6. The second kappa shape index (κ2) is 10.4. The number of hydrogen-bond donors (Lipinski definition) is 1. The number of nitrogens with zero attached hydrogens (tertiary/aromatic N) is 5. The highest BCUT2D eigenvalue weighted by atomic mass is 16.5. The van der Waals surface area contributed by atoms with Crippen LogP contribution in [0.1, 0.15) is 36.6 Å². The number of pyridine rings is 1. The SMILES string of the molecule is CCc1cccc(NC(=O)N2CCc3nc(-c4cccnc4)nc(OC4CCN(C)CC4)c3C2)c1. The summed E-state index contributed by atoms with van der Waals surface area (Å²) in [6.45, 7) is 5.11. The summed E-state index contributed by atoms with van der Waals surface area (Å²) < 4.78 is 6.48. The summed E-state index contributed by atoms with van der Waals surface area (Å²) in [5.74, 6) is 1.21. The van der Waals surface area contributed by atoms with Crippen LogP contribution in [0.4, 0.5) is 10.5 Å². The van der Waals surface area contributed by atoms with Crippen LogP contribution in [0.5, 0.6) is 5.88 Å². The van der Waals surface area contributed by atoms with Crippen molar-refractivity contribution in [1.82, 2.24) is 24.8 Å². The third-order valence-corrected chi connectivity index (χ3v) is 6.76. The van der Waals surface area contributed by atoms with Crippen molar-refractivity contribution in [3.63, 3.8) is 0 Å². The Kier molecular flexibility index (Phi) is 6.90. The minimum absolute atomic E-state index is 0.105. The molecule has 1 aromatic carbocycles. The predicted molar refractivity (Wildman–Crippen MR) is 135 cm³/mol. The molecular weight excluding hydrogens is 440 g/mol. The monoisotopic (exact) mass is 472 g/mol. The molecule has 0 unspecified atom stereocenters. The normalized spacial score (nSPS) is 16.6. The van der Waals surface area contributed by atoms with E-state index in [1.165, 1.54) is 5.56 Å². The van der Waals surface area contributed by atoms with Gasteiger partial charge in [0.15, 0.2) is 5.82 Å². The molecule has 182 valence electrons. The number of aryl methyl sites for hydroxylation is 1. The molecule has 5 rings (SSSR count). The van der Waals surface area contributed by atoms with Gasteiger partial charge in [-0.05, 0) is 56.1 Å². The first-order valence-electron chi connectivity index (χ1n) is 12.4. The molecule has 2 aliphatic heterocycles. The average Bonchev–Trinajstić information content (AvgIpc) is 2.90. The van der Waals surface area contributed by atoms with Crippen molar-refractivity contribution in [1.29, 1.82) is 0 Å².